The second-order valence-corrected chi connectivity index (χ2v) is 10.2. The Morgan fingerprint density at radius 2 is 1.54 bits per heavy atom. The van der Waals surface area contributed by atoms with Gasteiger partial charge in [0, 0.05) is 39.4 Å². The van der Waals surface area contributed by atoms with Crippen LogP contribution in [0.3, 0.4) is 0 Å². The molecule has 5 aromatic rings. The summed E-state index contributed by atoms with van der Waals surface area (Å²) in [5.41, 5.74) is 8.94. The second kappa shape index (κ2) is 11.8. The van der Waals surface area contributed by atoms with Crippen LogP contribution in [0.1, 0.15) is 43.7 Å². The van der Waals surface area contributed by atoms with E-state index in [1.165, 1.54) is 11.1 Å². The Hall–Kier alpha value is -4.09. The summed E-state index contributed by atoms with van der Waals surface area (Å²) in [5, 5.41) is 17.4. The Morgan fingerprint density at radius 1 is 0.756 bits per heavy atom. The number of carboxylic acid groups (broad SMARTS) is 1. The number of nitrogens with one attached hydrogen (secondary N) is 1. The number of carboxylic acids is 1. The number of aromatic carboxylic acids is 1. The number of rotatable bonds is 5. The summed E-state index contributed by atoms with van der Waals surface area (Å²) in [6, 6.07) is 33.5. The zero-order chi connectivity index (χ0) is 27.8. The van der Waals surface area contributed by atoms with Crippen molar-refractivity contribution in [1.82, 2.24) is 0 Å². The first kappa shape index (κ1) is 28.4. The van der Waals surface area contributed by atoms with E-state index in [-0.39, 0.29) is 35.1 Å². The van der Waals surface area contributed by atoms with Crippen LogP contribution in [0.15, 0.2) is 103 Å². The minimum absolute atomic E-state index is 0. The summed E-state index contributed by atoms with van der Waals surface area (Å²) in [7, 11) is 0. The quantitative estimate of drug-likeness (QED) is 0.339. The minimum atomic E-state index is -1.21. The van der Waals surface area contributed by atoms with Gasteiger partial charge in [-0.15, -0.1) is 0 Å². The molecule has 1 aliphatic heterocycles. The number of aryl methyl sites for hydroxylation is 3. The molecule has 0 amide bonds. The van der Waals surface area contributed by atoms with E-state index in [1.807, 2.05) is 66.7 Å². The molecule has 0 unspecified atom stereocenters. The Morgan fingerprint density at radius 3 is 2.32 bits per heavy atom. The fourth-order valence-corrected chi connectivity index (χ4v) is 5.28. The molecular weight excluding hydrogens is 517 g/mol. The molecule has 6 rings (SSSR count). The fourth-order valence-electron chi connectivity index (χ4n) is 5.28. The number of carbonyl (C=O) groups is 1. The van der Waals surface area contributed by atoms with Crippen molar-refractivity contribution in [2.45, 2.75) is 20.8 Å². The van der Waals surface area contributed by atoms with Gasteiger partial charge in [0.2, 0.25) is 0 Å². The summed E-state index contributed by atoms with van der Waals surface area (Å²) >= 11 is 0. The largest absolute Gasteiger partial charge is 1.00 e. The maximum atomic E-state index is 12.1. The van der Waals surface area contributed by atoms with Crippen molar-refractivity contribution >= 4 is 29.0 Å². The number of carbonyl (C=O) groups excluding carboxylic acids is 1. The van der Waals surface area contributed by atoms with Crippen molar-refractivity contribution in [1.29, 1.82) is 0 Å². The molecule has 0 fully saturated rings. The predicted octanol–water partition coefficient (Wildman–Crippen LogP) is 2.90. The first-order valence-electron chi connectivity index (χ1n) is 13.3. The summed E-state index contributed by atoms with van der Waals surface area (Å²) in [6.07, 6.45) is 2.14. The van der Waals surface area contributed by atoms with E-state index in [0.29, 0.717) is 17.1 Å². The van der Waals surface area contributed by atoms with Crippen LogP contribution < -0.4 is 55.2 Å². The van der Waals surface area contributed by atoms with Crippen LogP contribution in [-0.2, 0) is 0 Å². The van der Waals surface area contributed by atoms with Gasteiger partial charge in [0.15, 0.2) is 0 Å². The van der Waals surface area contributed by atoms with Crippen molar-refractivity contribution in [2.75, 3.05) is 5.32 Å². The van der Waals surface area contributed by atoms with E-state index < -0.39 is 5.97 Å². The van der Waals surface area contributed by atoms with E-state index >= 15 is 0 Å². The van der Waals surface area contributed by atoms with Crippen molar-refractivity contribution in [2.24, 2.45) is 0 Å². The Kier molecular flexibility index (Phi) is 8.18. The van der Waals surface area contributed by atoms with Gasteiger partial charge in [-0.2, -0.15) is 0 Å². The van der Waals surface area contributed by atoms with E-state index in [2.05, 4.69) is 56.4 Å². The predicted molar refractivity (Wildman–Crippen MR) is 159 cm³/mol. The number of hydrogen-bond donors (Lipinski definition) is 1. The van der Waals surface area contributed by atoms with Crippen molar-refractivity contribution in [3.05, 3.63) is 153 Å². The minimum Gasteiger partial charge on any atom is -0.545 e. The smallest absolute Gasteiger partial charge is 0.545 e. The molecule has 0 saturated heterocycles. The monoisotopic (exact) mass is 545 g/mol. The molecule has 1 heterocycles. The van der Waals surface area contributed by atoms with Crippen molar-refractivity contribution in [3.63, 3.8) is 0 Å². The molecule has 0 bridgehead atoms. The third kappa shape index (κ3) is 5.73. The first-order valence-corrected chi connectivity index (χ1v) is 13.3. The molecule has 0 atom stereocenters. The molecule has 1 N–H and O–H groups in total. The van der Waals surface area contributed by atoms with Crippen LogP contribution in [0.4, 0.5) is 11.4 Å². The van der Waals surface area contributed by atoms with Gasteiger partial charge in [0.1, 0.15) is 11.5 Å². The average molecular weight is 546 g/mol. The van der Waals surface area contributed by atoms with Crippen LogP contribution in [-0.4, -0.2) is 5.97 Å². The molecule has 196 valence electrons. The molecule has 0 aromatic heterocycles. The SMILES string of the molecule is Cc1ccc(/C=c2\ccc3c(c2)Oc2cc(Nc4ccccc4C)ccc2C=3c2ccccc2C(=O)[O-])c(C)c1.[Na+]. The Bertz CT molecular complexity index is 1930. The van der Waals surface area contributed by atoms with E-state index in [0.717, 1.165) is 44.1 Å². The molecular formula is C36H28NNaO3. The number of ether oxygens (including phenoxy) is 1. The third-order valence-corrected chi connectivity index (χ3v) is 7.33. The van der Waals surface area contributed by atoms with Crippen LogP contribution in [0.5, 0.6) is 11.5 Å². The zero-order valence-corrected chi connectivity index (χ0v) is 25.6. The molecule has 1 aliphatic rings. The average Bonchev–Trinajstić information content (AvgIpc) is 2.94. The summed E-state index contributed by atoms with van der Waals surface area (Å²) in [4.78, 5) is 12.1. The Balaban J connectivity index is 0.00000337. The summed E-state index contributed by atoms with van der Waals surface area (Å²) < 4.78 is 6.52. The maximum absolute atomic E-state index is 12.1. The van der Waals surface area contributed by atoms with Gasteiger partial charge in [-0.1, -0.05) is 72.3 Å². The van der Waals surface area contributed by atoms with Gasteiger partial charge in [0.05, 0.1) is 5.97 Å². The fraction of sp³-hybridized carbons (Fsp3) is 0.0833. The summed E-state index contributed by atoms with van der Waals surface area (Å²) in [5.74, 6) is 0.107. The molecule has 0 radical (unpaired) electrons. The Labute approximate surface area is 261 Å². The molecule has 0 spiro atoms. The van der Waals surface area contributed by atoms with Crippen molar-refractivity contribution in [3.8, 4) is 11.5 Å². The van der Waals surface area contributed by atoms with Gasteiger partial charge in [-0.05, 0) is 84.7 Å². The number of anilines is 2. The molecule has 5 aromatic carbocycles. The van der Waals surface area contributed by atoms with E-state index in [9.17, 15) is 9.90 Å². The molecule has 41 heavy (non-hydrogen) atoms. The molecule has 4 nitrogen and oxygen atoms in total. The van der Waals surface area contributed by atoms with E-state index in [4.69, 9.17) is 4.74 Å². The summed E-state index contributed by atoms with van der Waals surface area (Å²) in [6.45, 7) is 6.25. The van der Waals surface area contributed by atoms with Crippen LogP contribution in [0, 0.1) is 20.8 Å². The zero-order valence-electron chi connectivity index (χ0n) is 23.6. The van der Waals surface area contributed by atoms with Gasteiger partial charge in [0.25, 0.3) is 0 Å². The second-order valence-electron chi connectivity index (χ2n) is 10.2. The maximum Gasteiger partial charge on any atom is 1.00 e. The van der Waals surface area contributed by atoms with Gasteiger partial charge < -0.3 is 20.0 Å². The molecule has 0 saturated carbocycles. The van der Waals surface area contributed by atoms with Crippen LogP contribution >= 0.6 is 0 Å². The molecule has 0 aliphatic carbocycles. The number of fused-ring (bicyclic) bond motifs is 2. The van der Waals surface area contributed by atoms with Gasteiger partial charge in [-0.25, -0.2) is 0 Å². The standard InChI is InChI=1S/C36H29NO3.Na/c1-22-12-14-26(24(3)18-22)19-25-13-16-30-33(20-25)40-34-21-27(37-32-11-7-4-8-23(32)2)15-17-31(34)35(30)28-9-5-6-10-29(28)36(38)39;/h4-21,37H,1-3H3,(H,38,39);/q;+1/p-1/b25-19+;. The first-order chi connectivity index (χ1) is 19.4. The number of para-hydroxylation sites is 1. The topological polar surface area (TPSA) is 61.4 Å². The van der Waals surface area contributed by atoms with E-state index in [1.54, 1.807) is 12.1 Å². The normalized spacial score (nSPS) is 12.1. The van der Waals surface area contributed by atoms with Crippen LogP contribution in [0.2, 0.25) is 0 Å². The molecule has 5 heteroatoms. The number of benzene rings is 5. The number of hydrogen-bond acceptors (Lipinski definition) is 4. The van der Waals surface area contributed by atoms with Crippen LogP contribution in [0.25, 0.3) is 11.6 Å². The van der Waals surface area contributed by atoms with Gasteiger partial charge >= 0.3 is 29.6 Å². The van der Waals surface area contributed by atoms with Crippen molar-refractivity contribution < 1.29 is 44.2 Å². The third-order valence-electron chi connectivity index (χ3n) is 7.33. The van der Waals surface area contributed by atoms with Gasteiger partial charge in [-0.3, -0.25) is 0 Å².